The van der Waals surface area contributed by atoms with Crippen LogP contribution in [0.25, 0.3) is 0 Å². The van der Waals surface area contributed by atoms with E-state index >= 15 is 0 Å². The van der Waals surface area contributed by atoms with E-state index in [4.69, 9.17) is 35.4 Å². The van der Waals surface area contributed by atoms with Crippen molar-refractivity contribution in [2.24, 2.45) is 0 Å². The molecule has 2 rings (SSSR count). The lowest BCUT2D eigenvalue weighted by Gasteiger charge is -2.12. The summed E-state index contributed by atoms with van der Waals surface area (Å²) in [7, 11) is 0. The normalized spacial score (nSPS) is 10.2. The third-order valence-electron chi connectivity index (χ3n) is 2.77. The molecule has 2 aromatic rings. The average molecular weight is 325 g/mol. The standard InChI is InChI=1S/C15H14Cl2N2S/c1-2-10-4-3-5-12(8-10)18-15(20)19-14-9-11(16)6-7-13(14)17/h3-9H,2H2,1H3,(H2,18,19,20). The van der Waals surface area contributed by atoms with Gasteiger partial charge in [-0.05, 0) is 54.5 Å². The van der Waals surface area contributed by atoms with Crippen LogP contribution >= 0.6 is 35.4 Å². The topological polar surface area (TPSA) is 24.1 Å². The fraction of sp³-hybridized carbons (Fsp3) is 0.133. The van der Waals surface area contributed by atoms with Crippen LogP contribution in [0, 0.1) is 0 Å². The molecule has 0 spiro atoms. The molecule has 0 saturated heterocycles. The van der Waals surface area contributed by atoms with Crippen molar-refractivity contribution in [3.63, 3.8) is 0 Å². The summed E-state index contributed by atoms with van der Waals surface area (Å²) in [5.41, 5.74) is 2.88. The number of nitrogens with one attached hydrogen (secondary N) is 2. The summed E-state index contributed by atoms with van der Waals surface area (Å²) >= 11 is 17.3. The second-order valence-corrected chi connectivity index (χ2v) is 5.51. The number of rotatable bonds is 3. The van der Waals surface area contributed by atoms with Crippen molar-refractivity contribution in [3.05, 3.63) is 58.1 Å². The van der Waals surface area contributed by atoms with Gasteiger partial charge in [0.25, 0.3) is 0 Å². The maximum Gasteiger partial charge on any atom is 0.175 e. The molecule has 0 radical (unpaired) electrons. The first-order chi connectivity index (χ1) is 9.58. The fourth-order valence-electron chi connectivity index (χ4n) is 1.75. The summed E-state index contributed by atoms with van der Waals surface area (Å²) in [6.45, 7) is 2.11. The summed E-state index contributed by atoms with van der Waals surface area (Å²) in [6, 6.07) is 13.3. The minimum atomic E-state index is 0.474. The molecule has 0 aliphatic heterocycles. The molecule has 2 N–H and O–H groups in total. The minimum absolute atomic E-state index is 0.474. The average Bonchev–Trinajstić information content (AvgIpc) is 2.43. The van der Waals surface area contributed by atoms with E-state index in [-0.39, 0.29) is 0 Å². The van der Waals surface area contributed by atoms with E-state index in [1.54, 1.807) is 18.2 Å². The molecular formula is C15H14Cl2N2S. The largest absolute Gasteiger partial charge is 0.332 e. The van der Waals surface area contributed by atoms with Crippen molar-refractivity contribution in [3.8, 4) is 0 Å². The molecule has 0 aliphatic rings. The van der Waals surface area contributed by atoms with Crippen LogP contribution in [0.5, 0.6) is 0 Å². The second kappa shape index (κ2) is 6.93. The van der Waals surface area contributed by atoms with Crippen molar-refractivity contribution in [1.29, 1.82) is 0 Å². The second-order valence-electron chi connectivity index (χ2n) is 4.26. The molecule has 0 unspecified atom stereocenters. The maximum atomic E-state index is 6.08. The number of hydrogen-bond donors (Lipinski definition) is 2. The minimum Gasteiger partial charge on any atom is -0.332 e. The summed E-state index contributed by atoms with van der Waals surface area (Å²) in [5, 5.41) is 7.82. The molecule has 0 atom stereocenters. The van der Waals surface area contributed by atoms with Crippen LogP contribution in [0.15, 0.2) is 42.5 Å². The van der Waals surface area contributed by atoms with E-state index in [9.17, 15) is 0 Å². The SMILES string of the molecule is CCc1cccc(NC(=S)Nc2cc(Cl)ccc2Cl)c1. The Labute approximate surface area is 134 Å². The number of thiocarbonyl (C=S) groups is 1. The molecule has 0 saturated carbocycles. The quantitative estimate of drug-likeness (QED) is 0.742. The third kappa shape index (κ3) is 4.10. The molecule has 5 heteroatoms. The molecule has 0 fully saturated rings. The highest BCUT2D eigenvalue weighted by Crippen LogP contribution is 2.25. The van der Waals surface area contributed by atoms with Crippen LogP contribution in [0.4, 0.5) is 11.4 Å². The first kappa shape index (κ1) is 15.1. The van der Waals surface area contributed by atoms with Gasteiger partial charge < -0.3 is 10.6 Å². The van der Waals surface area contributed by atoms with Crippen LogP contribution in [0.3, 0.4) is 0 Å². The fourth-order valence-corrected chi connectivity index (χ4v) is 2.31. The number of hydrogen-bond acceptors (Lipinski definition) is 1. The summed E-state index contributed by atoms with van der Waals surface area (Å²) < 4.78 is 0. The van der Waals surface area contributed by atoms with E-state index < -0.39 is 0 Å². The number of anilines is 2. The van der Waals surface area contributed by atoms with Crippen LogP contribution in [-0.4, -0.2) is 5.11 Å². The zero-order valence-electron chi connectivity index (χ0n) is 10.9. The van der Waals surface area contributed by atoms with Crippen LogP contribution in [0.2, 0.25) is 10.0 Å². The van der Waals surface area contributed by atoms with Gasteiger partial charge in [-0.3, -0.25) is 0 Å². The molecule has 20 heavy (non-hydrogen) atoms. The van der Waals surface area contributed by atoms with Gasteiger partial charge in [0.1, 0.15) is 0 Å². The van der Waals surface area contributed by atoms with Gasteiger partial charge in [0.15, 0.2) is 5.11 Å². The first-order valence-electron chi connectivity index (χ1n) is 6.20. The first-order valence-corrected chi connectivity index (χ1v) is 7.37. The van der Waals surface area contributed by atoms with Crippen LogP contribution < -0.4 is 10.6 Å². The summed E-state index contributed by atoms with van der Waals surface area (Å²) in [6.07, 6.45) is 0.982. The van der Waals surface area contributed by atoms with E-state index in [0.717, 1.165) is 12.1 Å². The highest BCUT2D eigenvalue weighted by molar-refractivity contribution is 7.80. The van der Waals surface area contributed by atoms with Crippen molar-refractivity contribution in [2.45, 2.75) is 13.3 Å². The molecule has 0 amide bonds. The monoisotopic (exact) mass is 324 g/mol. The Balaban J connectivity index is 2.07. The van der Waals surface area contributed by atoms with Gasteiger partial charge in [-0.2, -0.15) is 0 Å². The zero-order valence-corrected chi connectivity index (χ0v) is 13.2. The highest BCUT2D eigenvalue weighted by Gasteiger charge is 2.04. The zero-order chi connectivity index (χ0) is 14.5. The van der Waals surface area contributed by atoms with E-state index in [1.807, 2.05) is 12.1 Å². The van der Waals surface area contributed by atoms with Gasteiger partial charge in [0.2, 0.25) is 0 Å². The third-order valence-corrected chi connectivity index (χ3v) is 3.54. The molecule has 2 aromatic carbocycles. The lowest BCUT2D eigenvalue weighted by molar-refractivity contribution is 1.14. The number of benzene rings is 2. The Bertz CT molecular complexity index is 629. The summed E-state index contributed by atoms with van der Waals surface area (Å²) in [5.74, 6) is 0. The van der Waals surface area contributed by atoms with Crippen LogP contribution in [-0.2, 0) is 6.42 Å². The highest BCUT2D eigenvalue weighted by atomic mass is 35.5. The van der Waals surface area contributed by atoms with Gasteiger partial charge in [0.05, 0.1) is 10.7 Å². The molecule has 0 aliphatic carbocycles. The molecule has 104 valence electrons. The van der Waals surface area contributed by atoms with Gasteiger partial charge in [-0.25, -0.2) is 0 Å². The van der Waals surface area contributed by atoms with E-state index in [0.29, 0.717) is 20.8 Å². The lowest BCUT2D eigenvalue weighted by atomic mass is 10.1. The molecule has 0 aromatic heterocycles. The molecular weight excluding hydrogens is 311 g/mol. The lowest BCUT2D eigenvalue weighted by Crippen LogP contribution is -2.19. The van der Waals surface area contributed by atoms with E-state index in [1.165, 1.54) is 5.56 Å². The van der Waals surface area contributed by atoms with Crippen molar-refractivity contribution in [1.82, 2.24) is 0 Å². The number of aryl methyl sites for hydroxylation is 1. The van der Waals surface area contributed by atoms with Crippen molar-refractivity contribution >= 4 is 51.9 Å². The molecule has 0 bridgehead atoms. The van der Waals surface area contributed by atoms with Gasteiger partial charge in [-0.15, -0.1) is 0 Å². The van der Waals surface area contributed by atoms with E-state index in [2.05, 4.69) is 29.7 Å². The smallest absolute Gasteiger partial charge is 0.175 e. The Kier molecular flexibility index (Phi) is 5.24. The summed E-state index contributed by atoms with van der Waals surface area (Å²) in [4.78, 5) is 0. The predicted molar refractivity (Wildman–Crippen MR) is 92.1 cm³/mol. The van der Waals surface area contributed by atoms with Crippen LogP contribution in [0.1, 0.15) is 12.5 Å². The Morgan fingerprint density at radius 3 is 2.65 bits per heavy atom. The Hall–Kier alpha value is -1.29. The maximum absolute atomic E-state index is 6.08. The molecule has 0 heterocycles. The number of halogens is 2. The Morgan fingerprint density at radius 2 is 1.90 bits per heavy atom. The molecule has 2 nitrogen and oxygen atoms in total. The van der Waals surface area contributed by atoms with Crippen molar-refractivity contribution in [2.75, 3.05) is 10.6 Å². The predicted octanol–water partition coefficient (Wildman–Crippen LogP) is 5.36. The van der Waals surface area contributed by atoms with Gasteiger partial charge >= 0.3 is 0 Å². The van der Waals surface area contributed by atoms with Gasteiger partial charge in [-0.1, -0.05) is 42.3 Å². The Morgan fingerprint density at radius 1 is 1.10 bits per heavy atom. The van der Waals surface area contributed by atoms with Gasteiger partial charge in [0, 0.05) is 10.7 Å². The van der Waals surface area contributed by atoms with Crippen molar-refractivity contribution < 1.29 is 0 Å².